The maximum Gasteiger partial charge on any atom is 0.148 e. The van der Waals surface area contributed by atoms with Crippen LogP contribution in [0.25, 0.3) is 0 Å². The number of carbonyl (C=O) groups is 2. The van der Waals surface area contributed by atoms with Gasteiger partial charge in [0.25, 0.3) is 0 Å². The van der Waals surface area contributed by atoms with E-state index in [0.29, 0.717) is 6.42 Å². The normalized spacial score (nSPS) is 19.9. The zero-order valence-corrected chi connectivity index (χ0v) is 10.0. The van der Waals surface area contributed by atoms with Crippen LogP contribution in [0.15, 0.2) is 22.7 Å². The molecule has 2 rings (SSSR count). The van der Waals surface area contributed by atoms with E-state index in [9.17, 15) is 9.59 Å². The average molecular weight is 267 g/mol. The third kappa shape index (κ3) is 1.88. The lowest BCUT2D eigenvalue weighted by molar-refractivity contribution is -0.128. The van der Waals surface area contributed by atoms with Crippen molar-refractivity contribution >= 4 is 27.5 Å². The van der Waals surface area contributed by atoms with Gasteiger partial charge in [-0.15, -0.1) is 0 Å². The van der Waals surface area contributed by atoms with E-state index in [0.717, 1.165) is 22.0 Å². The Morgan fingerprint density at radius 3 is 2.80 bits per heavy atom. The Morgan fingerprint density at radius 2 is 2.13 bits per heavy atom. The van der Waals surface area contributed by atoms with Crippen LogP contribution in [-0.2, 0) is 16.0 Å². The van der Waals surface area contributed by atoms with Crippen molar-refractivity contribution in [1.82, 2.24) is 0 Å². The molecule has 1 aliphatic rings. The largest absolute Gasteiger partial charge is 0.299 e. The molecule has 0 bridgehead atoms. The van der Waals surface area contributed by atoms with E-state index in [1.807, 2.05) is 18.2 Å². The van der Waals surface area contributed by atoms with Crippen LogP contribution in [0, 0.1) is 0 Å². The topological polar surface area (TPSA) is 34.1 Å². The van der Waals surface area contributed by atoms with Crippen molar-refractivity contribution in [2.45, 2.75) is 25.7 Å². The summed E-state index contributed by atoms with van der Waals surface area (Å²) < 4.78 is 0.998. The van der Waals surface area contributed by atoms with Crippen molar-refractivity contribution in [3.8, 4) is 0 Å². The van der Waals surface area contributed by atoms with E-state index in [4.69, 9.17) is 0 Å². The fraction of sp³-hybridized carbons (Fsp3) is 0.333. The summed E-state index contributed by atoms with van der Waals surface area (Å²) in [7, 11) is 0. The molecule has 1 aromatic rings. The van der Waals surface area contributed by atoms with E-state index in [-0.39, 0.29) is 11.6 Å². The molecule has 1 unspecified atom stereocenters. The van der Waals surface area contributed by atoms with Crippen molar-refractivity contribution in [2.24, 2.45) is 0 Å². The fourth-order valence-corrected chi connectivity index (χ4v) is 2.50. The second kappa shape index (κ2) is 3.89. The Balaban J connectivity index is 2.53. The number of carbonyl (C=O) groups excluding carboxylic acids is 2. The standard InChI is InChI=1S/C12H11BrO2/c1-7(14)12-10-4-3-9(13)6-8(10)2-5-11(12)15/h3-4,6,12H,2,5H2,1H3. The highest BCUT2D eigenvalue weighted by Crippen LogP contribution is 2.31. The Kier molecular flexibility index (Phi) is 2.74. The van der Waals surface area contributed by atoms with Crippen LogP contribution in [0.1, 0.15) is 30.4 Å². The molecule has 0 aromatic heterocycles. The third-order valence-corrected chi connectivity index (χ3v) is 3.28. The predicted molar refractivity (Wildman–Crippen MR) is 60.9 cm³/mol. The number of Topliss-reactive ketones (excluding diaryl/α,β-unsaturated/α-hetero) is 2. The number of hydrogen-bond acceptors (Lipinski definition) is 2. The molecule has 0 radical (unpaired) electrons. The fourth-order valence-electron chi connectivity index (χ4n) is 2.09. The van der Waals surface area contributed by atoms with Gasteiger partial charge in [-0.25, -0.2) is 0 Å². The van der Waals surface area contributed by atoms with Gasteiger partial charge in [0.2, 0.25) is 0 Å². The lowest BCUT2D eigenvalue weighted by Gasteiger charge is -2.22. The molecule has 15 heavy (non-hydrogen) atoms. The van der Waals surface area contributed by atoms with E-state index < -0.39 is 5.92 Å². The van der Waals surface area contributed by atoms with Crippen LogP contribution < -0.4 is 0 Å². The van der Waals surface area contributed by atoms with Crippen molar-refractivity contribution in [2.75, 3.05) is 0 Å². The minimum Gasteiger partial charge on any atom is -0.299 e. The summed E-state index contributed by atoms with van der Waals surface area (Å²) in [5.74, 6) is -0.526. The molecule has 0 spiro atoms. The maximum absolute atomic E-state index is 11.7. The van der Waals surface area contributed by atoms with Gasteiger partial charge in [-0.1, -0.05) is 22.0 Å². The van der Waals surface area contributed by atoms with Crippen LogP contribution in [0.5, 0.6) is 0 Å². The summed E-state index contributed by atoms with van der Waals surface area (Å²) >= 11 is 3.39. The third-order valence-electron chi connectivity index (χ3n) is 2.79. The van der Waals surface area contributed by atoms with E-state index in [1.165, 1.54) is 6.92 Å². The number of benzene rings is 1. The molecular formula is C12H11BrO2. The van der Waals surface area contributed by atoms with Gasteiger partial charge >= 0.3 is 0 Å². The van der Waals surface area contributed by atoms with Crippen molar-refractivity contribution in [3.05, 3.63) is 33.8 Å². The van der Waals surface area contributed by atoms with Gasteiger partial charge in [0, 0.05) is 10.9 Å². The second-order valence-electron chi connectivity index (χ2n) is 3.85. The summed E-state index contributed by atoms with van der Waals surface area (Å²) in [5.41, 5.74) is 2.01. The first-order valence-electron chi connectivity index (χ1n) is 4.91. The van der Waals surface area contributed by atoms with Gasteiger partial charge in [-0.3, -0.25) is 9.59 Å². The first kappa shape index (κ1) is 10.6. The number of aryl methyl sites for hydroxylation is 1. The first-order valence-corrected chi connectivity index (χ1v) is 5.70. The highest BCUT2D eigenvalue weighted by Gasteiger charge is 2.30. The summed E-state index contributed by atoms with van der Waals surface area (Å²) in [5, 5.41) is 0. The van der Waals surface area contributed by atoms with Crippen molar-refractivity contribution < 1.29 is 9.59 Å². The number of fused-ring (bicyclic) bond motifs is 1. The molecule has 1 aromatic carbocycles. The monoisotopic (exact) mass is 266 g/mol. The highest BCUT2D eigenvalue weighted by molar-refractivity contribution is 9.10. The predicted octanol–water partition coefficient (Wildman–Crippen LogP) is 2.64. The van der Waals surface area contributed by atoms with Crippen LogP contribution in [0.3, 0.4) is 0 Å². The van der Waals surface area contributed by atoms with Gasteiger partial charge in [0.05, 0.1) is 0 Å². The van der Waals surface area contributed by atoms with E-state index >= 15 is 0 Å². The van der Waals surface area contributed by atoms with Crippen molar-refractivity contribution in [3.63, 3.8) is 0 Å². The molecule has 0 heterocycles. The maximum atomic E-state index is 11.7. The molecule has 78 valence electrons. The van der Waals surface area contributed by atoms with Crippen LogP contribution in [0.4, 0.5) is 0 Å². The van der Waals surface area contributed by atoms with E-state index in [1.54, 1.807) is 0 Å². The van der Waals surface area contributed by atoms with Crippen LogP contribution in [-0.4, -0.2) is 11.6 Å². The van der Waals surface area contributed by atoms with E-state index in [2.05, 4.69) is 15.9 Å². The lowest BCUT2D eigenvalue weighted by Crippen LogP contribution is -2.25. The van der Waals surface area contributed by atoms with Crippen LogP contribution in [0.2, 0.25) is 0 Å². The summed E-state index contributed by atoms with van der Waals surface area (Å²) in [6.07, 6.45) is 1.23. The Morgan fingerprint density at radius 1 is 1.40 bits per heavy atom. The molecule has 0 saturated heterocycles. The van der Waals surface area contributed by atoms with Gasteiger partial charge < -0.3 is 0 Å². The molecule has 2 nitrogen and oxygen atoms in total. The molecule has 1 aliphatic carbocycles. The minimum absolute atomic E-state index is 0.0525. The molecule has 0 aliphatic heterocycles. The second-order valence-corrected chi connectivity index (χ2v) is 4.77. The zero-order chi connectivity index (χ0) is 11.0. The van der Waals surface area contributed by atoms with Gasteiger partial charge in [0.15, 0.2) is 0 Å². The molecule has 0 saturated carbocycles. The molecule has 1 atom stereocenters. The average Bonchev–Trinajstić information content (AvgIpc) is 2.17. The molecule has 0 amide bonds. The number of hydrogen-bond donors (Lipinski definition) is 0. The number of ketones is 2. The molecule has 3 heteroatoms. The number of rotatable bonds is 1. The van der Waals surface area contributed by atoms with Gasteiger partial charge in [0.1, 0.15) is 17.5 Å². The molecular weight excluding hydrogens is 256 g/mol. The zero-order valence-electron chi connectivity index (χ0n) is 8.42. The van der Waals surface area contributed by atoms with Crippen molar-refractivity contribution in [1.29, 1.82) is 0 Å². The Labute approximate surface area is 96.8 Å². The summed E-state index contributed by atoms with van der Waals surface area (Å²) in [6, 6.07) is 5.76. The number of halogens is 1. The smallest absolute Gasteiger partial charge is 0.148 e. The Bertz CT molecular complexity index is 437. The summed E-state index contributed by atoms with van der Waals surface area (Å²) in [6.45, 7) is 1.49. The molecule has 0 fully saturated rings. The van der Waals surface area contributed by atoms with Crippen LogP contribution >= 0.6 is 15.9 Å². The highest BCUT2D eigenvalue weighted by atomic mass is 79.9. The minimum atomic E-state index is -0.526. The van der Waals surface area contributed by atoms with Gasteiger partial charge in [-0.05, 0) is 36.6 Å². The first-order chi connectivity index (χ1) is 7.09. The quantitative estimate of drug-likeness (QED) is 0.733. The summed E-state index contributed by atoms with van der Waals surface area (Å²) in [4.78, 5) is 23.1. The molecule has 0 N–H and O–H groups in total. The Hall–Kier alpha value is -0.960. The van der Waals surface area contributed by atoms with Gasteiger partial charge in [-0.2, -0.15) is 0 Å². The SMILES string of the molecule is CC(=O)C1C(=O)CCc2cc(Br)ccc21. The lowest BCUT2D eigenvalue weighted by atomic mass is 9.80.